The van der Waals surface area contributed by atoms with Crippen LogP contribution in [0.3, 0.4) is 0 Å². The van der Waals surface area contributed by atoms with Gasteiger partial charge in [0.05, 0.1) is 0 Å². The van der Waals surface area contributed by atoms with Gasteiger partial charge < -0.3 is 0 Å². The molecule has 1 aromatic heterocycles. The van der Waals surface area contributed by atoms with Gasteiger partial charge in [-0.3, -0.25) is 4.98 Å². The van der Waals surface area contributed by atoms with Gasteiger partial charge in [0.25, 0.3) is 0 Å². The maximum atomic E-state index is 4.01. The van der Waals surface area contributed by atoms with E-state index in [1.807, 2.05) is 12.4 Å². The molecular formula is C12H19N. The van der Waals surface area contributed by atoms with E-state index in [1.165, 1.54) is 18.4 Å². The number of nitrogens with zero attached hydrogens (tertiary/aromatic N) is 1. The van der Waals surface area contributed by atoms with Gasteiger partial charge in [0.1, 0.15) is 0 Å². The summed E-state index contributed by atoms with van der Waals surface area (Å²) < 4.78 is 0. The van der Waals surface area contributed by atoms with Gasteiger partial charge in [0.15, 0.2) is 0 Å². The molecule has 0 aliphatic rings. The van der Waals surface area contributed by atoms with Crippen LogP contribution in [0.15, 0.2) is 24.5 Å². The van der Waals surface area contributed by atoms with Gasteiger partial charge in [0.2, 0.25) is 0 Å². The first-order chi connectivity index (χ1) is 6.20. The van der Waals surface area contributed by atoms with Crippen molar-refractivity contribution in [2.24, 2.45) is 11.8 Å². The first-order valence-corrected chi connectivity index (χ1v) is 5.09. The lowest BCUT2D eigenvalue weighted by Crippen LogP contribution is -2.05. The second-order valence-corrected chi connectivity index (χ2v) is 4.12. The fourth-order valence-electron chi connectivity index (χ4n) is 1.28. The topological polar surface area (TPSA) is 12.9 Å². The Labute approximate surface area is 81.2 Å². The minimum Gasteiger partial charge on any atom is -0.265 e. The third-order valence-corrected chi connectivity index (χ3v) is 2.78. The molecule has 1 rings (SSSR count). The summed E-state index contributed by atoms with van der Waals surface area (Å²) in [5.41, 5.74) is 1.41. The zero-order chi connectivity index (χ0) is 9.68. The Morgan fingerprint density at radius 3 is 2.31 bits per heavy atom. The van der Waals surface area contributed by atoms with Crippen molar-refractivity contribution < 1.29 is 0 Å². The summed E-state index contributed by atoms with van der Waals surface area (Å²) in [6, 6.07) is 4.21. The summed E-state index contributed by atoms with van der Waals surface area (Å²) in [5.74, 6) is 1.61. The Balaban J connectivity index is 2.35. The Bertz CT molecular complexity index is 228. The van der Waals surface area contributed by atoms with Crippen molar-refractivity contribution in [1.82, 2.24) is 4.98 Å². The molecule has 1 aromatic rings. The number of hydrogen-bond donors (Lipinski definition) is 0. The van der Waals surface area contributed by atoms with E-state index in [-0.39, 0.29) is 0 Å². The van der Waals surface area contributed by atoms with Crippen molar-refractivity contribution in [3.8, 4) is 0 Å². The molecule has 1 nitrogen and oxygen atoms in total. The normalized spacial score (nSPS) is 13.2. The molecule has 1 unspecified atom stereocenters. The average Bonchev–Trinajstić information content (AvgIpc) is 2.15. The fraction of sp³-hybridized carbons (Fsp3) is 0.583. The molecule has 0 N–H and O–H groups in total. The molecule has 72 valence electrons. The smallest absolute Gasteiger partial charge is 0.0270 e. The average molecular weight is 177 g/mol. The van der Waals surface area contributed by atoms with Crippen LogP contribution in [-0.2, 0) is 6.42 Å². The molecule has 0 radical (unpaired) electrons. The SMILES string of the molecule is CC(C)C(C)CCc1ccncc1. The lowest BCUT2D eigenvalue weighted by molar-refractivity contribution is 0.392. The summed E-state index contributed by atoms with van der Waals surface area (Å²) in [6.07, 6.45) is 6.20. The van der Waals surface area contributed by atoms with E-state index in [0.717, 1.165) is 11.8 Å². The number of aromatic nitrogens is 1. The first-order valence-electron chi connectivity index (χ1n) is 5.09. The minimum atomic E-state index is 0.793. The minimum absolute atomic E-state index is 0.793. The number of hydrogen-bond acceptors (Lipinski definition) is 1. The van der Waals surface area contributed by atoms with Crippen LogP contribution >= 0.6 is 0 Å². The zero-order valence-electron chi connectivity index (χ0n) is 8.83. The predicted molar refractivity (Wildman–Crippen MR) is 56.6 cm³/mol. The highest BCUT2D eigenvalue weighted by atomic mass is 14.6. The van der Waals surface area contributed by atoms with Crippen LogP contribution in [-0.4, -0.2) is 4.98 Å². The molecule has 0 fully saturated rings. The summed E-state index contributed by atoms with van der Waals surface area (Å²) in [6.45, 7) is 6.90. The summed E-state index contributed by atoms with van der Waals surface area (Å²) in [4.78, 5) is 4.01. The number of aryl methyl sites for hydroxylation is 1. The van der Waals surface area contributed by atoms with E-state index < -0.39 is 0 Å². The van der Waals surface area contributed by atoms with Crippen molar-refractivity contribution in [3.05, 3.63) is 30.1 Å². The molecule has 0 spiro atoms. The highest BCUT2D eigenvalue weighted by Gasteiger charge is 2.06. The van der Waals surface area contributed by atoms with Crippen LogP contribution in [0.5, 0.6) is 0 Å². The van der Waals surface area contributed by atoms with Crippen LogP contribution in [0.25, 0.3) is 0 Å². The van der Waals surface area contributed by atoms with Crippen molar-refractivity contribution >= 4 is 0 Å². The zero-order valence-corrected chi connectivity index (χ0v) is 8.83. The third kappa shape index (κ3) is 3.58. The summed E-state index contributed by atoms with van der Waals surface area (Å²) in [5, 5.41) is 0. The van der Waals surface area contributed by atoms with Crippen molar-refractivity contribution in [2.45, 2.75) is 33.6 Å². The lowest BCUT2D eigenvalue weighted by Gasteiger charge is -2.14. The van der Waals surface area contributed by atoms with Gasteiger partial charge in [-0.05, 0) is 42.4 Å². The Kier molecular flexibility index (Phi) is 3.94. The van der Waals surface area contributed by atoms with Crippen LogP contribution in [0.4, 0.5) is 0 Å². The molecule has 1 heterocycles. The third-order valence-electron chi connectivity index (χ3n) is 2.78. The molecule has 1 heteroatoms. The molecule has 0 bridgehead atoms. The molecule has 0 saturated heterocycles. The van der Waals surface area contributed by atoms with Crippen LogP contribution < -0.4 is 0 Å². The van der Waals surface area contributed by atoms with Crippen LogP contribution in [0.2, 0.25) is 0 Å². The van der Waals surface area contributed by atoms with E-state index in [2.05, 4.69) is 37.9 Å². The summed E-state index contributed by atoms with van der Waals surface area (Å²) in [7, 11) is 0. The van der Waals surface area contributed by atoms with E-state index in [0.29, 0.717) is 0 Å². The van der Waals surface area contributed by atoms with Crippen molar-refractivity contribution in [3.63, 3.8) is 0 Å². The van der Waals surface area contributed by atoms with Gasteiger partial charge in [0, 0.05) is 12.4 Å². The molecular weight excluding hydrogens is 158 g/mol. The molecule has 0 aliphatic carbocycles. The monoisotopic (exact) mass is 177 g/mol. The van der Waals surface area contributed by atoms with Crippen molar-refractivity contribution in [2.75, 3.05) is 0 Å². The van der Waals surface area contributed by atoms with Gasteiger partial charge in [-0.1, -0.05) is 20.8 Å². The van der Waals surface area contributed by atoms with Gasteiger partial charge in [-0.25, -0.2) is 0 Å². The maximum Gasteiger partial charge on any atom is 0.0270 e. The second-order valence-electron chi connectivity index (χ2n) is 4.12. The number of pyridine rings is 1. The molecule has 13 heavy (non-hydrogen) atoms. The fourth-order valence-corrected chi connectivity index (χ4v) is 1.28. The maximum absolute atomic E-state index is 4.01. The number of rotatable bonds is 4. The quantitative estimate of drug-likeness (QED) is 0.687. The van der Waals surface area contributed by atoms with E-state index in [9.17, 15) is 0 Å². The molecule has 1 atom stereocenters. The lowest BCUT2D eigenvalue weighted by atomic mass is 9.92. The highest BCUT2D eigenvalue weighted by molar-refractivity contribution is 5.09. The van der Waals surface area contributed by atoms with Crippen LogP contribution in [0, 0.1) is 11.8 Å². The Morgan fingerprint density at radius 1 is 1.15 bits per heavy atom. The molecule has 0 aromatic carbocycles. The molecule has 0 saturated carbocycles. The predicted octanol–water partition coefficient (Wildman–Crippen LogP) is 3.31. The largest absolute Gasteiger partial charge is 0.265 e. The summed E-state index contributed by atoms with van der Waals surface area (Å²) >= 11 is 0. The standard InChI is InChI=1S/C12H19N/c1-10(2)11(3)4-5-12-6-8-13-9-7-12/h6-11H,4-5H2,1-3H3. The van der Waals surface area contributed by atoms with Gasteiger partial charge in [-0.2, -0.15) is 0 Å². The molecule has 0 aliphatic heterocycles. The first kappa shape index (κ1) is 10.2. The van der Waals surface area contributed by atoms with E-state index in [4.69, 9.17) is 0 Å². The van der Waals surface area contributed by atoms with Gasteiger partial charge >= 0.3 is 0 Å². The van der Waals surface area contributed by atoms with E-state index in [1.54, 1.807) is 0 Å². The Hall–Kier alpha value is -0.850. The molecule has 0 amide bonds. The van der Waals surface area contributed by atoms with Crippen molar-refractivity contribution in [1.29, 1.82) is 0 Å². The second kappa shape index (κ2) is 5.00. The van der Waals surface area contributed by atoms with E-state index >= 15 is 0 Å². The highest BCUT2D eigenvalue weighted by Crippen LogP contribution is 2.16. The van der Waals surface area contributed by atoms with Crippen LogP contribution in [0.1, 0.15) is 32.8 Å². The van der Waals surface area contributed by atoms with Gasteiger partial charge in [-0.15, -0.1) is 0 Å². The Morgan fingerprint density at radius 2 is 1.77 bits per heavy atom.